The van der Waals surface area contributed by atoms with Crippen molar-refractivity contribution in [3.63, 3.8) is 0 Å². The van der Waals surface area contributed by atoms with Crippen LogP contribution in [0.2, 0.25) is 0 Å². The van der Waals surface area contributed by atoms with Gasteiger partial charge in [0.15, 0.2) is 5.16 Å². The van der Waals surface area contributed by atoms with Crippen molar-refractivity contribution in [3.05, 3.63) is 59.9 Å². The van der Waals surface area contributed by atoms with Gasteiger partial charge in [0, 0.05) is 31.3 Å². The topological polar surface area (TPSA) is 98.1 Å². The van der Waals surface area contributed by atoms with Crippen molar-refractivity contribution in [2.75, 3.05) is 23.5 Å². The van der Waals surface area contributed by atoms with Crippen LogP contribution in [0, 0.1) is 6.92 Å². The summed E-state index contributed by atoms with van der Waals surface area (Å²) in [5.74, 6) is 1.41. The molecule has 0 saturated heterocycles. The Morgan fingerprint density at radius 2 is 1.58 bits per heavy atom. The maximum atomic E-state index is 12.2. The van der Waals surface area contributed by atoms with E-state index in [1.807, 2.05) is 42.8 Å². The molecule has 8 nitrogen and oxygen atoms in total. The van der Waals surface area contributed by atoms with Gasteiger partial charge >= 0.3 is 0 Å². The summed E-state index contributed by atoms with van der Waals surface area (Å²) in [4.78, 5) is 24.4. The Morgan fingerprint density at radius 1 is 0.968 bits per heavy atom. The lowest BCUT2D eigenvalue weighted by Gasteiger charge is -2.07. The first-order valence-electron chi connectivity index (χ1n) is 9.76. The Morgan fingerprint density at radius 3 is 2.23 bits per heavy atom. The number of methoxy groups -OCH3 is 1. The highest BCUT2D eigenvalue weighted by molar-refractivity contribution is 7.99. The average molecular weight is 440 g/mol. The number of amides is 2. The van der Waals surface area contributed by atoms with Crippen molar-refractivity contribution >= 4 is 35.0 Å². The van der Waals surface area contributed by atoms with Crippen LogP contribution in [0.1, 0.15) is 17.8 Å². The molecule has 31 heavy (non-hydrogen) atoms. The first-order valence-corrected chi connectivity index (χ1v) is 10.7. The van der Waals surface area contributed by atoms with E-state index in [-0.39, 0.29) is 24.0 Å². The maximum absolute atomic E-state index is 12.2. The standard InChI is InChI=1S/C22H25N5O3S/c1-15-4-6-16(7-5-15)24-21(29)14-31-22-26-25-19(27(22)2)12-13-20(28)23-17-8-10-18(30-3)11-9-17/h4-11H,12-14H2,1-3H3,(H,23,28)(H,24,29). The van der Waals surface area contributed by atoms with Crippen LogP contribution in [0.15, 0.2) is 53.7 Å². The molecule has 1 heterocycles. The molecule has 0 saturated carbocycles. The van der Waals surface area contributed by atoms with E-state index in [2.05, 4.69) is 20.8 Å². The summed E-state index contributed by atoms with van der Waals surface area (Å²) in [6.45, 7) is 2.00. The fourth-order valence-electron chi connectivity index (χ4n) is 2.78. The zero-order valence-corrected chi connectivity index (χ0v) is 18.5. The number of hydrogen-bond donors (Lipinski definition) is 2. The normalized spacial score (nSPS) is 10.5. The van der Waals surface area contributed by atoms with Gasteiger partial charge in [-0.2, -0.15) is 0 Å². The molecule has 1 aromatic heterocycles. The van der Waals surface area contributed by atoms with Gasteiger partial charge in [0.2, 0.25) is 11.8 Å². The third-order valence-corrected chi connectivity index (χ3v) is 5.56. The number of aromatic nitrogens is 3. The Hall–Kier alpha value is -3.33. The van der Waals surface area contributed by atoms with E-state index < -0.39 is 0 Å². The van der Waals surface area contributed by atoms with Gasteiger partial charge < -0.3 is 19.9 Å². The molecule has 3 aromatic rings. The smallest absolute Gasteiger partial charge is 0.234 e. The lowest BCUT2D eigenvalue weighted by atomic mass is 10.2. The molecule has 0 radical (unpaired) electrons. The molecule has 2 aromatic carbocycles. The summed E-state index contributed by atoms with van der Waals surface area (Å²) in [7, 11) is 3.43. The summed E-state index contributed by atoms with van der Waals surface area (Å²) in [6.07, 6.45) is 0.720. The molecule has 0 fully saturated rings. The number of benzene rings is 2. The van der Waals surface area contributed by atoms with Gasteiger partial charge in [-0.1, -0.05) is 29.5 Å². The van der Waals surface area contributed by atoms with Crippen molar-refractivity contribution in [1.29, 1.82) is 0 Å². The fraction of sp³-hybridized carbons (Fsp3) is 0.273. The van der Waals surface area contributed by atoms with E-state index >= 15 is 0 Å². The van der Waals surface area contributed by atoms with E-state index in [0.717, 1.165) is 17.0 Å². The molecule has 2 amide bonds. The van der Waals surface area contributed by atoms with Crippen molar-refractivity contribution in [1.82, 2.24) is 14.8 Å². The first-order chi connectivity index (χ1) is 14.9. The van der Waals surface area contributed by atoms with Crippen molar-refractivity contribution in [3.8, 4) is 5.75 Å². The average Bonchev–Trinajstić information content (AvgIpc) is 3.12. The largest absolute Gasteiger partial charge is 0.497 e. The molecular weight excluding hydrogens is 414 g/mol. The third-order valence-electron chi connectivity index (χ3n) is 4.54. The minimum atomic E-state index is -0.114. The quantitative estimate of drug-likeness (QED) is 0.496. The van der Waals surface area contributed by atoms with Crippen LogP contribution in [0.3, 0.4) is 0 Å². The first kappa shape index (κ1) is 22.4. The maximum Gasteiger partial charge on any atom is 0.234 e. The predicted octanol–water partition coefficient (Wildman–Crippen LogP) is 3.43. The van der Waals surface area contributed by atoms with E-state index in [4.69, 9.17) is 4.74 Å². The second-order valence-electron chi connectivity index (χ2n) is 6.94. The number of aryl methyl sites for hydroxylation is 2. The zero-order chi connectivity index (χ0) is 22.2. The fourth-order valence-corrected chi connectivity index (χ4v) is 3.51. The van der Waals surface area contributed by atoms with E-state index in [0.29, 0.717) is 23.1 Å². The lowest BCUT2D eigenvalue weighted by Crippen LogP contribution is -2.15. The van der Waals surface area contributed by atoms with Gasteiger partial charge in [-0.15, -0.1) is 10.2 Å². The summed E-state index contributed by atoms with van der Waals surface area (Å²) in [5.41, 5.74) is 2.61. The molecule has 9 heteroatoms. The van der Waals surface area contributed by atoms with E-state index in [1.165, 1.54) is 11.8 Å². The second kappa shape index (κ2) is 10.6. The number of nitrogens with one attached hydrogen (secondary N) is 2. The van der Waals surface area contributed by atoms with Crippen LogP contribution < -0.4 is 15.4 Å². The Kier molecular flexibility index (Phi) is 7.66. The number of nitrogens with zero attached hydrogens (tertiary/aromatic N) is 3. The van der Waals surface area contributed by atoms with Gasteiger partial charge in [-0.3, -0.25) is 9.59 Å². The number of thioether (sulfide) groups is 1. The van der Waals surface area contributed by atoms with Crippen molar-refractivity contribution < 1.29 is 14.3 Å². The van der Waals surface area contributed by atoms with Gasteiger partial charge in [0.1, 0.15) is 11.6 Å². The molecule has 0 unspecified atom stereocenters. The Balaban J connectivity index is 1.46. The van der Waals surface area contributed by atoms with E-state index in [9.17, 15) is 9.59 Å². The molecular formula is C22H25N5O3S. The number of ether oxygens (including phenoxy) is 1. The van der Waals surface area contributed by atoms with Gasteiger partial charge in [-0.05, 0) is 43.3 Å². The molecule has 0 spiro atoms. The monoisotopic (exact) mass is 439 g/mol. The van der Waals surface area contributed by atoms with Crippen LogP contribution in [-0.2, 0) is 23.1 Å². The van der Waals surface area contributed by atoms with Crippen LogP contribution in [0.4, 0.5) is 11.4 Å². The van der Waals surface area contributed by atoms with E-state index in [1.54, 1.807) is 31.4 Å². The summed E-state index contributed by atoms with van der Waals surface area (Å²) >= 11 is 1.30. The Labute approximate surface area is 185 Å². The molecule has 0 aliphatic carbocycles. The zero-order valence-electron chi connectivity index (χ0n) is 17.7. The second-order valence-corrected chi connectivity index (χ2v) is 7.88. The summed E-state index contributed by atoms with van der Waals surface area (Å²) < 4.78 is 6.92. The molecule has 0 bridgehead atoms. The molecule has 162 valence electrons. The number of anilines is 2. The van der Waals surface area contributed by atoms with Gasteiger partial charge in [-0.25, -0.2) is 0 Å². The number of carbonyl (C=O) groups is 2. The summed E-state index contributed by atoms with van der Waals surface area (Å²) in [5, 5.41) is 14.6. The number of rotatable bonds is 9. The van der Waals surface area contributed by atoms with Gasteiger partial charge in [0.05, 0.1) is 12.9 Å². The third kappa shape index (κ3) is 6.58. The van der Waals surface area contributed by atoms with Crippen LogP contribution in [0.25, 0.3) is 0 Å². The van der Waals surface area contributed by atoms with Crippen LogP contribution in [0.5, 0.6) is 5.75 Å². The molecule has 0 atom stereocenters. The predicted molar refractivity (Wildman–Crippen MR) is 121 cm³/mol. The SMILES string of the molecule is COc1ccc(NC(=O)CCc2nnc(SCC(=O)Nc3ccc(C)cc3)n2C)cc1. The van der Waals surface area contributed by atoms with Crippen molar-refractivity contribution in [2.24, 2.45) is 7.05 Å². The highest BCUT2D eigenvalue weighted by Crippen LogP contribution is 2.18. The minimum absolute atomic E-state index is 0.111. The van der Waals surface area contributed by atoms with Crippen molar-refractivity contribution in [2.45, 2.75) is 24.9 Å². The Bertz CT molecular complexity index is 1030. The summed E-state index contributed by atoms with van der Waals surface area (Å²) in [6, 6.07) is 14.8. The molecule has 2 N–H and O–H groups in total. The molecule has 3 rings (SSSR count). The van der Waals surface area contributed by atoms with Gasteiger partial charge in [0.25, 0.3) is 0 Å². The van der Waals surface area contributed by atoms with Crippen LogP contribution in [-0.4, -0.2) is 39.4 Å². The molecule has 0 aliphatic rings. The number of hydrogen-bond acceptors (Lipinski definition) is 6. The van der Waals surface area contributed by atoms with Crippen LogP contribution >= 0.6 is 11.8 Å². The highest BCUT2D eigenvalue weighted by Gasteiger charge is 2.13. The molecule has 0 aliphatic heterocycles. The minimum Gasteiger partial charge on any atom is -0.497 e. The highest BCUT2D eigenvalue weighted by atomic mass is 32.2. The number of carbonyl (C=O) groups excluding carboxylic acids is 2. The lowest BCUT2D eigenvalue weighted by molar-refractivity contribution is -0.116.